The van der Waals surface area contributed by atoms with Crippen molar-refractivity contribution in [1.29, 1.82) is 0 Å². The van der Waals surface area contributed by atoms with Gasteiger partial charge in [-0.1, -0.05) is 0 Å². The minimum absolute atomic E-state index is 0.223. The second kappa shape index (κ2) is 4.13. The van der Waals surface area contributed by atoms with E-state index in [1.54, 1.807) is 0 Å². The lowest BCUT2D eigenvalue weighted by Gasteiger charge is -2.13. The Balaban J connectivity index is 1.98. The van der Waals surface area contributed by atoms with Crippen molar-refractivity contribution in [3.63, 3.8) is 0 Å². The zero-order chi connectivity index (χ0) is 10.1. The summed E-state index contributed by atoms with van der Waals surface area (Å²) in [7, 11) is 2.02. The smallest absolute Gasteiger partial charge is 0.187 e. The summed E-state index contributed by atoms with van der Waals surface area (Å²) >= 11 is 4.89. The van der Waals surface area contributed by atoms with Crippen LogP contribution in [0.1, 0.15) is 22.5 Å². The summed E-state index contributed by atoms with van der Waals surface area (Å²) < 4.78 is 0.927. The molecule has 0 saturated heterocycles. The molecule has 0 amide bonds. The number of hydrogen-bond acceptors (Lipinski definition) is 3. The van der Waals surface area contributed by atoms with Crippen molar-refractivity contribution in [2.45, 2.75) is 18.9 Å². The van der Waals surface area contributed by atoms with Gasteiger partial charge in [-0.3, -0.25) is 9.69 Å². The molecule has 0 N–H and O–H groups in total. The van der Waals surface area contributed by atoms with Gasteiger partial charge in [0.1, 0.15) is 0 Å². The Kier molecular flexibility index (Phi) is 3.04. The van der Waals surface area contributed by atoms with Crippen molar-refractivity contribution < 1.29 is 4.79 Å². The maximum atomic E-state index is 11.8. The Morgan fingerprint density at radius 3 is 2.93 bits per heavy atom. The molecule has 2 rings (SSSR count). The number of ketones is 1. The van der Waals surface area contributed by atoms with Gasteiger partial charge in [-0.25, -0.2) is 0 Å². The number of carbonyl (C=O) groups excluding carboxylic acids is 1. The molecule has 1 aliphatic rings. The van der Waals surface area contributed by atoms with E-state index in [0.717, 1.165) is 9.35 Å². The molecule has 1 heterocycles. The number of Topliss-reactive ketones (excluding diaryl/α,β-unsaturated/α-hetero) is 1. The first-order chi connectivity index (χ1) is 6.68. The Labute approximate surface area is 96.0 Å². The van der Waals surface area contributed by atoms with Gasteiger partial charge in [-0.15, -0.1) is 11.3 Å². The lowest BCUT2D eigenvalue weighted by Crippen LogP contribution is -2.27. The van der Waals surface area contributed by atoms with Gasteiger partial charge in [-0.05, 0) is 47.3 Å². The van der Waals surface area contributed by atoms with Crippen LogP contribution >= 0.6 is 27.3 Å². The van der Waals surface area contributed by atoms with Crippen molar-refractivity contribution >= 4 is 33.0 Å². The van der Waals surface area contributed by atoms with Gasteiger partial charge in [0.2, 0.25) is 0 Å². The van der Waals surface area contributed by atoms with Crippen LogP contribution in [0.3, 0.4) is 0 Å². The third-order valence-corrected chi connectivity index (χ3v) is 4.31. The molecule has 1 aromatic heterocycles. The van der Waals surface area contributed by atoms with Crippen molar-refractivity contribution in [3.05, 3.63) is 20.8 Å². The van der Waals surface area contributed by atoms with Crippen LogP contribution in [0.4, 0.5) is 0 Å². The number of carbonyl (C=O) groups is 1. The summed E-state index contributed by atoms with van der Waals surface area (Å²) in [4.78, 5) is 14.8. The highest BCUT2D eigenvalue weighted by molar-refractivity contribution is 9.10. The number of hydrogen-bond donors (Lipinski definition) is 0. The van der Waals surface area contributed by atoms with Crippen LogP contribution in [0.2, 0.25) is 0 Å². The van der Waals surface area contributed by atoms with Gasteiger partial charge in [-0.2, -0.15) is 0 Å². The second-order valence-corrected chi connectivity index (χ2v) is 5.44. The molecule has 0 spiro atoms. The highest BCUT2D eigenvalue weighted by atomic mass is 79.9. The predicted octanol–water partition coefficient (Wildman–Crippen LogP) is 2.79. The van der Waals surface area contributed by atoms with Crippen LogP contribution in [-0.2, 0) is 0 Å². The lowest BCUT2D eigenvalue weighted by atomic mass is 10.3. The van der Waals surface area contributed by atoms with E-state index in [2.05, 4.69) is 20.8 Å². The van der Waals surface area contributed by atoms with Crippen LogP contribution in [0, 0.1) is 0 Å². The fraction of sp³-hybridized carbons (Fsp3) is 0.500. The van der Waals surface area contributed by atoms with Crippen molar-refractivity contribution in [3.8, 4) is 0 Å². The first kappa shape index (κ1) is 10.3. The second-order valence-electron chi connectivity index (χ2n) is 3.67. The SMILES string of the molecule is CN(CC(=O)c1sccc1Br)C1CC1. The number of nitrogens with zero attached hydrogens (tertiary/aromatic N) is 1. The van der Waals surface area contributed by atoms with Crippen molar-refractivity contribution in [2.75, 3.05) is 13.6 Å². The molecule has 14 heavy (non-hydrogen) atoms. The summed E-state index contributed by atoms with van der Waals surface area (Å²) in [6.45, 7) is 0.545. The predicted molar refractivity (Wildman–Crippen MR) is 62.0 cm³/mol. The molecule has 1 fully saturated rings. The van der Waals surface area contributed by atoms with E-state index < -0.39 is 0 Å². The molecule has 4 heteroatoms. The van der Waals surface area contributed by atoms with Crippen LogP contribution in [-0.4, -0.2) is 30.3 Å². The standard InChI is InChI=1S/C10H12BrNOS/c1-12(7-2-3-7)6-9(13)10-8(11)4-5-14-10/h4-5,7H,2-3,6H2,1H3. The fourth-order valence-electron chi connectivity index (χ4n) is 1.44. The Morgan fingerprint density at radius 2 is 2.43 bits per heavy atom. The molecule has 1 aromatic rings. The monoisotopic (exact) mass is 273 g/mol. The number of likely N-dealkylation sites (N-methyl/N-ethyl adjacent to an activating group) is 1. The highest BCUT2D eigenvalue weighted by Crippen LogP contribution is 2.27. The van der Waals surface area contributed by atoms with E-state index >= 15 is 0 Å². The molecule has 0 atom stereocenters. The maximum Gasteiger partial charge on any atom is 0.187 e. The topological polar surface area (TPSA) is 20.3 Å². The van der Waals surface area contributed by atoms with Crippen LogP contribution < -0.4 is 0 Å². The molecule has 76 valence electrons. The lowest BCUT2D eigenvalue weighted by molar-refractivity contribution is 0.0945. The van der Waals surface area contributed by atoms with E-state index in [4.69, 9.17) is 0 Å². The first-order valence-corrected chi connectivity index (χ1v) is 6.32. The number of thiophene rings is 1. The van der Waals surface area contributed by atoms with E-state index in [1.165, 1.54) is 24.2 Å². The largest absolute Gasteiger partial charge is 0.296 e. The zero-order valence-corrected chi connectivity index (χ0v) is 10.4. The molecular formula is C10H12BrNOS. The van der Waals surface area contributed by atoms with Gasteiger partial charge in [0.05, 0.1) is 11.4 Å². The molecule has 1 aliphatic carbocycles. The van der Waals surface area contributed by atoms with Crippen LogP contribution in [0.5, 0.6) is 0 Å². The molecule has 0 unspecified atom stereocenters. The average Bonchev–Trinajstić information content (AvgIpc) is 2.89. The van der Waals surface area contributed by atoms with E-state index in [0.29, 0.717) is 12.6 Å². The zero-order valence-electron chi connectivity index (χ0n) is 8.00. The summed E-state index contributed by atoms with van der Waals surface area (Å²) in [5, 5.41) is 1.94. The molecule has 0 radical (unpaired) electrons. The van der Waals surface area contributed by atoms with Gasteiger partial charge in [0.25, 0.3) is 0 Å². The minimum atomic E-state index is 0.223. The van der Waals surface area contributed by atoms with Gasteiger partial charge in [0.15, 0.2) is 5.78 Å². The third kappa shape index (κ3) is 2.24. The molecular weight excluding hydrogens is 262 g/mol. The molecule has 0 aliphatic heterocycles. The van der Waals surface area contributed by atoms with E-state index in [9.17, 15) is 4.79 Å². The Bertz CT molecular complexity index is 346. The van der Waals surface area contributed by atoms with Gasteiger partial charge in [0, 0.05) is 10.5 Å². The van der Waals surface area contributed by atoms with Gasteiger partial charge >= 0.3 is 0 Å². The number of rotatable bonds is 4. The normalized spacial score (nSPS) is 16.2. The average molecular weight is 274 g/mol. The maximum absolute atomic E-state index is 11.8. The molecule has 2 nitrogen and oxygen atoms in total. The Morgan fingerprint density at radius 1 is 1.71 bits per heavy atom. The first-order valence-electron chi connectivity index (χ1n) is 4.65. The molecule has 0 aromatic carbocycles. The van der Waals surface area contributed by atoms with E-state index in [-0.39, 0.29) is 5.78 Å². The quantitative estimate of drug-likeness (QED) is 0.787. The van der Waals surface area contributed by atoms with Crippen molar-refractivity contribution in [2.24, 2.45) is 0 Å². The summed E-state index contributed by atoms with van der Waals surface area (Å²) in [5.41, 5.74) is 0. The minimum Gasteiger partial charge on any atom is -0.296 e. The summed E-state index contributed by atoms with van der Waals surface area (Å²) in [5.74, 6) is 0.223. The van der Waals surface area contributed by atoms with E-state index in [1.807, 2.05) is 18.5 Å². The highest BCUT2D eigenvalue weighted by Gasteiger charge is 2.27. The fourth-order valence-corrected chi connectivity index (χ4v) is 2.96. The third-order valence-electron chi connectivity index (χ3n) is 2.43. The summed E-state index contributed by atoms with van der Waals surface area (Å²) in [6, 6.07) is 2.58. The Hall–Kier alpha value is -0.190. The molecule has 1 saturated carbocycles. The molecule has 0 bridgehead atoms. The van der Waals surface area contributed by atoms with Gasteiger partial charge < -0.3 is 0 Å². The summed E-state index contributed by atoms with van der Waals surface area (Å²) in [6.07, 6.45) is 2.49. The number of halogens is 1. The van der Waals surface area contributed by atoms with Crippen molar-refractivity contribution in [1.82, 2.24) is 4.90 Å². The van der Waals surface area contributed by atoms with Crippen LogP contribution in [0.25, 0.3) is 0 Å². The van der Waals surface area contributed by atoms with Crippen LogP contribution in [0.15, 0.2) is 15.9 Å².